The second-order valence-corrected chi connectivity index (χ2v) is 13.5. The highest BCUT2D eigenvalue weighted by Gasteiger charge is 2.11. The van der Waals surface area contributed by atoms with Crippen LogP contribution in [0.4, 0.5) is 0 Å². The Morgan fingerprint density at radius 2 is 1.32 bits per heavy atom. The summed E-state index contributed by atoms with van der Waals surface area (Å²) in [5.74, 6) is 0. The summed E-state index contributed by atoms with van der Waals surface area (Å²) in [6, 6.07) is 9.35. The smallest absolute Gasteiger partial charge is 0.0240 e. The lowest BCUT2D eigenvalue weighted by Gasteiger charge is -2.20. The summed E-state index contributed by atoms with van der Waals surface area (Å²) in [5, 5.41) is 1.63. The van der Waals surface area contributed by atoms with E-state index in [1.165, 1.54) is 36.6 Å². The van der Waals surface area contributed by atoms with Gasteiger partial charge < -0.3 is 0 Å². The first-order valence-electron chi connectivity index (χ1n) is 7.10. The van der Waals surface area contributed by atoms with Gasteiger partial charge in [0, 0.05) is 0 Å². The highest BCUT2D eigenvalue weighted by molar-refractivity contribution is 7.67. The van der Waals surface area contributed by atoms with Gasteiger partial charge in [-0.25, -0.2) is 0 Å². The van der Waals surface area contributed by atoms with Crippen molar-refractivity contribution in [2.45, 2.75) is 13.3 Å². The average molecular weight is 314 g/mol. The van der Waals surface area contributed by atoms with Crippen LogP contribution in [-0.4, -0.2) is 51.3 Å². The molecule has 0 bridgehead atoms. The molecule has 0 fully saturated rings. The van der Waals surface area contributed by atoms with Crippen LogP contribution in [0.3, 0.4) is 0 Å². The third kappa shape index (κ3) is 7.75. The summed E-state index contributed by atoms with van der Waals surface area (Å²) < 4.78 is 0. The number of aryl methyl sites for hydroxylation is 1. The first-order valence-corrected chi connectivity index (χ1v) is 13.7. The molecule has 0 N–H and O–H groups in total. The van der Waals surface area contributed by atoms with Gasteiger partial charge in [-0.05, 0) is 70.0 Å². The maximum absolute atomic E-state index is 2.41. The first-order chi connectivity index (χ1) is 8.99. The van der Waals surface area contributed by atoms with Crippen molar-refractivity contribution in [1.82, 2.24) is 0 Å². The van der Waals surface area contributed by atoms with Crippen LogP contribution in [0.2, 0.25) is 0 Å². The molecule has 1 unspecified atom stereocenters. The fourth-order valence-corrected chi connectivity index (χ4v) is 7.48. The Bertz CT molecular complexity index is 344. The molecule has 0 saturated heterocycles. The fourth-order valence-electron chi connectivity index (χ4n) is 2.02. The average Bonchev–Trinajstić information content (AvgIpc) is 2.34. The van der Waals surface area contributed by atoms with Crippen LogP contribution in [0.25, 0.3) is 0 Å². The normalized spacial score (nSPS) is 13.2. The summed E-state index contributed by atoms with van der Waals surface area (Å²) in [6.45, 7) is 11.8. The van der Waals surface area contributed by atoms with Crippen molar-refractivity contribution in [2.75, 3.05) is 51.3 Å². The third-order valence-electron chi connectivity index (χ3n) is 3.25. The summed E-state index contributed by atoms with van der Waals surface area (Å²) in [5.41, 5.74) is 1.39. The van der Waals surface area contributed by atoms with Crippen LogP contribution in [0.5, 0.6) is 0 Å². The summed E-state index contributed by atoms with van der Waals surface area (Å²) >= 11 is 0. The van der Waals surface area contributed by atoms with E-state index in [-0.39, 0.29) is 23.8 Å². The van der Waals surface area contributed by atoms with E-state index in [1.54, 1.807) is 5.30 Å². The van der Waals surface area contributed by atoms with Gasteiger partial charge in [0.1, 0.15) is 0 Å². The molecule has 0 aliphatic carbocycles. The SMILES string of the molecule is Cc1ccc(P(CCCP(C)C)CCP(C)C)cc1. The van der Waals surface area contributed by atoms with Gasteiger partial charge in [-0.2, -0.15) is 0 Å². The van der Waals surface area contributed by atoms with Crippen LogP contribution >= 0.6 is 23.8 Å². The van der Waals surface area contributed by atoms with Gasteiger partial charge in [0.15, 0.2) is 0 Å². The Morgan fingerprint density at radius 3 is 1.84 bits per heavy atom. The standard InChI is InChI=1S/C16H29P3/c1-15-7-9-16(10-8-15)19(14-13-18(4)5)12-6-11-17(2)3/h7-10H,6,11-14H2,1-5H3. The van der Waals surface area contributed by atoms with Crippen LogP contribution in [-0.2, 0) is 0 Å². The Kier molecular flexibility index (Phi) is 8.73. The zero-order chi connectivity index (χ0) is 14.3. The second-order valence-electron chi connectivity index (χ2n) is 5.78. The van der Waals surface area contributed by atoms with Gasteiger partial charge in [0.25, 0.3) is 0 Å². The zero-order valence-electron chi connectivity index (χ0n) is 13.2. The first kappa shape index (κ1) is 17.6. The summed E-state index contributed by atoms with van der Waals surface area (Å²) in [7, 11) is 0.646. The molecule has 0 saturated carbocycles. The number of hydrogen-bond acceptors (Lipinski definition) is 0. The van der Waals surface area contributed by atoms with Crippen molar-refractivity contribution in [2.24, 2.45) is 0 Å². The van der Waals surface area contributed by atoms with Crippen molar-refractivity contribution in [1.29, 1.82) is 0 Å². The highest BCUT2D eigenvalue weighted by Crippen LogP contribution is 2.40. The minimum atomic E-state index is 0.0953. The molecule has 0 amide bonds. The quantitative estimate of drug-likeness (QED) is 0.594. The Labute approximate surface area is 124 Å². The topological polar surface area (TPSA) is 0 Å². The number of rotatable bonds is 8. The van der Waals surface area contributed by atoms with Crippen molar-refractivity contribution in [3.05, 3.63) is 29.8 Å². The molecule has 1 rings (SSSR count). The molecule has 1 aromatic rings. The monoisotopic (exact) mass is 314 g/mol. The Morgan fingerprint density at radius 1 is 0.737 bits per heavy atom. The van der Waals surface area contributed by atoms with Crippen molar-refractivity contribution >= 4 is 29.1 Å². The van der Waals surface area contributed by atoms with Crippen molar-refractivity contribution < 1.29 is 0 Å². The van der Waals surface area contributed by atoms with E-state index in [0.29, 0.717) is 0 Å². The van der Waals surface area contributed by atoms with E-state index in [0.717, 1.165) is 0 Å². The number of hydrogen-bond donors (Lipinski definition) is 0. The second kappa shape index (κ2) is 9.45. The molecular formula is C16H29P3. The lowest BCUT2D eigenvalue weighted by molar-refractivity contribution is 1.10. The van der Waals surface area contributed by atoms with E-state index >= 15 is 0 Å². The molecule has 0 aromatic heterocycles. The fraction of sp³-hybridized carbons (Fsp3) is 0.625. The molecule has 0 heterocycles. The minimum Gasteiger partial charge on any atom is -0.113 e. The molecule has 108 valence electrons. The Balaban J connectivity index is 2.59. The lowest BCUT2D eigenvalue weighted by atomic mass is 10.2. The molecule has 19 heavy (non-hydrogen) atoms. The van der Waals surface area contributed by atoms with E-state index in [9.17, 15) is 0 Å². The van der Waals surface area contributed by atoms with Crippen molar-refractivity contribution in [3.8, 4) is 0 Å². The van der Waals surface area contributed by atoms with Gasteiger partial charge in [0.05, 0.1) is 0 Å². The van der Waals surface area contributed by atoms with Gasteiger partial charge in [-0.3, -0.25) is 0 Å². The van der Waals surface area contributed by atoms with Crippen LogP contribution in [0, 0.1) is 6.92 Å². The highest BCUT2D eigenvalue weighted by atomic mass is 31.1. The molecule has 0 radical (unpaired) electrons. The lowest BCUT2D eigenvalue weighted by Crippen LogP contribution is -2.09. The van der Waals surface area contributed by atoms with E-state index in [4.69, 9.17) is 0 Å². The minimum absolute atomic E-state index is 0.0953. The number of benzene rings is 1. The molecule has 0 nitrogen and oxygen atoms in total. The van der Waals surface area contributed by atoms with Gasteiger partial charge >= 0.3 is 0 Å². The van der Waals surface area contributed by atoms with Crippen LogP contribution in [0.1, 0.15) is 12.0 Å². The van der Waals surface area contributed by atoms with Crippen LogP contribution in [0.15, 0.2) is 24.3 Å². The molecule has 0 spiro atoms. The van der Waals surface area contributed by atoms with E-state index < -0.39 is 0 Å². The molecule has 3 heteroatoms. The predicted octanol–water partition coefficient (Wildman–Crippen LogP) is 4.98. The molecule has 0 aliphatic rings. The molecule has 1 aromatic carbocycles. The van der Waals surface area contributed by atoms with Crippen molar-refractivity contribution in [3.63, 3.8) is 0 Å². The maximum atomic E-state index is 2.41. The van der Waals surface area contributed by atoms with Gasteiger partial charge in [-0.15, -0.1) is 15.8 Å². The predicted molar refractivity (Wildman–Crippen MR) is 99.4 cm³/mol. The summed E-state index contributed by atoms with van der Waals surface area (Å²) in [6.07, 6.45) is 7.23. The van der Waals surface area contributed by atoms with Gasteiger partial charge in [-0.1, -0.05) is 37.8 Å². The maximum Gasteiger partial charge on any atom is -0.0240 e. The Hall–Kier alpha value is 0.510. The molecule has 0 aliphatic heterocycles. The molecular weight excluding hydrogens is 285 g/mol. The van der Waals surface area contributed by atoms with Crippen LogP contribution < -0.4 is 5.30 Å². The summed E-state index contributed by atoms with van der Waals surface area (Å²) in [4.78, 5) is 0. The zero-order valence-corrected chi connectivity index (χ0v) is 15.9. The van der Waals surface area contributed by atoms with E-state index in [1.807, 2.05) is 0 Å². The van der Waals surface area contributed by atoms with E-state index in [2.05, 4.69) is 57.8 Å². The largest absolute Gasteiger partial charge is 0.113 e. The third-order valence-corrected chi connectivity index (χ3v) is 8.58. The molecule has 1 atom stereocenters. The van der Waals surface area contributed by atoms with Gasteiger partial charge in [0.2, 0.25) is 0 Å².